The Morgan fingerprint density at radius 3 is 2.61 bits per heavy atom. The van der Waals surface area contributed by atoms with Crippen LogP contribution in [-0.4, -0.2) is 83.3 Å². The number of alkyl halides is 1. The summed E-state index contributed by atoms with van der Waals surface area (Å²) in [6.45, 7) is 1.91. The number of carbonyl (C=O) groups is 4. The predicted octanol–water partition coefficient (Wildman–Crippen LogP) is -4.22. The van der Waals surface area contributed by atoms with Crippen molar-refractivity contribution in [1.82, 2.24) is 14.6 Å². The van der Waals surface area contributed by atoms with Crippen LogP contribution in [0.25, 0.3) is 0 Å². The van der Waals surface area contributed by atoms with Crippen LogP contribution in [0.2, 0.25) is 0 Å². The van der Waals surface area contributed by atoms with Crippen LogP contribution in [0.1, 0.15) is 19.0 Å². The van der Waals surface area contributed by atoms with Gasteiger partial charge in [0.2, 0.25) is 5.91 Å². The van der Waals surface area contributed by atoms with Crippen molar-refractivity contribution in [3.8, 4) is 0 Å². The number of nitrogens with one attached hydrogen (secondary N) is 2. The quantitative estimate of drug-likeness (QED) is 0.0434. The van der Waals surface area contributed by atoms with Gasteiger partial charge in [0, 0.05) is 5.38 Å². The van der Waals surface area contributed by atoms with E-state index in [9.17, 15) is 32.1 Å². The summed E-state index contributed by atoms with van der Waals surface area (Å²) in [7, 11) is -4.41. The molecule has 33 heavy (non-hydrogen) atoms. The number of halogens is 1. The molecule has 1 saturated heterocycles. The first-order valence-corrected chi connectivity index (χ1v) is 11.5. The molecule has 0 bridgehead atoms. The van der Waals surface area contributed by atoms with Crippen LogP contribution in [0.15, 0.2) is 10.5 Å². The number of hydrogen-bond acceptors (Lipinski definition) is 12. The van der Waals surface area contributed by atoms with Gasteiger partial charge in [-0.05, 0) is 6.42 Å². The Balaban J connectivity index is 0.00000544. The molecule has 2 N–H and O–H groups in total. The van der Waals surface area contributed by atoms with Crippen molar-refractivity contribution in [2.45, 2.75) is 25.4 Å². The van der Waals surface area contributed by atoms with E-state index in [4.69, 9.17) is 16.4 Å². The number of ether oxygens (including phenoxy) is 1. The van der Waals surface area contributed by atoms with E-state index in [1.165, 1.54) is 5.38 Å². The van der Waals surface area contributed by atoms with Crippen LogP contribution in [0, 0.1) is 0 Å². The Morgan fingerprint density at radius 2 is 2.06 bits per heavy atom. The second-order valence-electron chi connectivity index (χ2n) is 6.00. The maximum Gasteiger partial charge on any atom is 1.00 e. The molecule has 1 aromatic heterocycles. The van der Waals surface area contributed by atoms with Gasteiger partial charge in [-0.15, -0.1) is 22.9 Å². The molecule has 3 amide bonds. The summed E-state index contributed by atoms with van der Waals surface area (Å²) in [4.78, 5) is 57.2. The number of amides is 3. The van der Waals surface area contributed by atoms with E-state index in [1.807, 2.05) is 0 Å². The fourth-order valence-corrected chi connectivity index (χ4v) is 4.01. The standard InChI is InChI=1S/C15H18ClN5O9S2.Na/c1-3-4-30-20-9(7-6-31-15(17-7)18-8(22)5-16)12(23)19-10-11(14(25)29-2)21(13(10)24)32(26,27)28;/h6,10-11H,3-5H2,1-2H3,(H,19,23)(H,17,18,22)(H,26,27,28);/q;+1/p-1/b20-9-;/t10-,11-;/m1./s1. The number of aromatic nitrogens is 1. The number of carbonyl (C=O) groups excluding carboxylic acids is 4. The number of thiazole rings is 1. The summed E-state index contributed by atoms with van der Waals surface area (Å²) in [6, 6.07) is -3.59. The van der Waals surface area contributed by atoms with Gasteiger partial charge >= 0.3 is 35.5 Å². The number of methoxy groups -OCH3 is 1. The van der Waals surface area contributed by atoms with Crippen molar-refractivity contribution in [2.24, 2.45) is 5.16 Å². The molecule has 1 aliphatic heterocycles. The summed E-state index contributed by atoms with van der Waals surface area (Å²) >= 11 is 6.35. The van der Waals surface area contributed by atoms with Crippen molar-refractivity contribution < 1.29 is 71.3 Å². The van der Waals surface area contributed by atoms with Crippen LogP contribution in [0.4, 0.5) is 5.13 Å². The summed E-state index contributed by atoms with van der Waals surface area (Å²) in [5.74, 6) is -4.48. The topological polar surface area (TPSA) is 196 Å². The Bertz CT molecular complexity index is 1050. The van der Waals surface area contributed by atoms with Gasteiger partial charge < -0.3 is 24.8 Å². The van der Waals surface area contributed by atoms with Crippen LogP contribution >= 0.6 is 22.9 Å². The molecule has 1 aromatic rings. The summed E-state index contributed by atoms with van der Waals surface area (Å²) in [5.41, 5.74) is -0.482. The average molecular weight is 534 g/mol. The molecule has 176 valence electrons. The van der Waals surface area contributed by atoms with E-state index >= 15 is 0 Å². The fraction of sp³-hybridized carbons (Fsp3) is 0.467. The Kier molecular flexibility index (Phi) is 11.1. The third-order valence-electron chi connectivity index (χ3n) is 3.80. The average Bonchev–Trinajstić information content (AvgIpc) is 3.19. The van der Waals surface area contributed by atoms with Crippen molar-refractivity contribution in [3.63, 3.8) is 0 Å². The smallest absolute Gasteiger partial charge is 0.731 e. The first kappa shape index (κ1) is 29.2. The molecule has 0 spiro atoms. The van der Waals surface area contributed by atoms with Gasteiger partial charge in [-0.2, -0.15) is 0 Å². The molecule has 1 fully saturated rings. The first-order valence-electron chi connectivity index (χ1n) is 8.74. The van der Waals surface area contributed by atoms with Crippen LogP contribution in [-0.2, 0) is 39.1 Å². The Labute approximate surface area is 219 Å². The van der Waals surface area contributed by atoms with Crippen molar-refractivity contribution in [3.05, 3.63) is 11.1 Å². The molecule has 1 aliphatic rings. The number of rotatable bonds is 10. The molecule has 2 atom stereocenters. The van der Waals surface area contributed by atoms with Crippen molar-refractivity contribution >= 4 is 67.8 Å². The van der Waals surface area contributed by atoms with E-state index in [0.717, 1.165) is 18.4 Å². The minimum atomic E-state index is -5.32. The minimum absolute atomic E-state index is 0. The van der Waals surface area contributed by atoms with Gasteiger partial charge in [-0.25, -0.2) is 22.5 Å². The number of nitrogens with zero attached hydrogens (tertiary/aromatic N) is 3. The molecule has 18 heteroatoms. The predicted molar refractivity (Wildman–Crippen MR) is 109 cm³/mol. The van der Waals surface area contributed by atoms with E-state index < -0.39 is 51.8 Å². The zero-order chi connectivity index (χ0) is 24.1. The first-order chi connectivity index (χ1) is 15.0. The zero-order valence-corrected chi connectivity index (χ0v) is 22.0. The van der Waals surface area contributed by atoms with Gasteiger partial charge in [0.25, 0.3) is 11.8 Å². The Hall–Kier alpha value is -1.82. The summed E-state index contributed by atoms with van der Waals surface area (Å²) < 4.78 is 38.0. The molecule has 0 saturated carbocycles. The Morgan fingerprint density at radius 1 is 1.39 bits per heavy atom. The second kappa shape index (κ2) is 12.6. The second-order valence-corrected chi connectivity index (χ2v) is 8.38. The van der Waals surface area contributed by atoms with Gasteiger partial charge in [0.15, 0.2) is 27.2 Å². The van der Waals surface area contributed by atoms with E-state index in [-0.39, 0.29) is 57.2 Å². The SMILES string of the molecule is CCCO/N=C(\C(=O)N[C@H]1C(=O)N(S(=O)(=O)[O-])[C@H]1C(=O)OC)c1csc(NC(=O)CCl)n1.[Na+]. The molecule has 2 heterocycles. The van der Waals surface area contributed by atoms with Crippen molar-refractivity contribution in [1.29, 1.82) is 0 Å². The number of anilines is 1. The van der Waals surface area contributed by atoms with Gasteiger partial charge in [-0.1, -0.05) is 12.1 Å². The third-order valence-corrected chi connectivity index (χ3v) is 5.69. The number of hydrogen-bond donors (Lipinski definition) is 2. The van der Waals surface area contributed by atoms with E-state index in [0.29, 0.717) is 6.42 Å². The maximum absolute atomic E-state index is 12.8. The summed E-state index contributed by atoms with van der Waals surface area (Å²) in [6.07, 6.45) is 0.550. The van der Waals surface area contributed by atoms with Crippen molar-refractivity contribution in [2.75, 3.05) is 24.9 Å². The molecule has 0 aliphatic carbocycles. The molecule has 14 nitrogen and oxygen atoms in total. The monoisotopic (exact) mass is 533 g/mol. The number of esters is 1. The molecule has 0 radical (unpaired) electrons. The van der Waals surface area contributed by atoms with Gasteiger partial charge in [0.1, 0.15) is 24.2 Å². The number of oxime groups is 1. The maximum atomic E-state index is 12.8. The zero-order valence-electron chi connectivity index (χ0n) is 17.6. The van der Waals surface area contributed by atoms with Gasteiger partial charge in [-0.3, -0.25) is 14.4 Å². The largest absolute Gasteiger partial charge is 1.00 e. The van der Waals surface area contributed by atoms with E-state index in [2.05, 4.69) is 25.5 Å². The van der Waals surface area contributed by atoms with Gasteiger partial charge in [0.05, 0.1) is 7.11 Å². The minimum Gasteiger partial charge on any atom is -0.731 e. The third kappa shape index (κ3) is 7.08. The van der Waals surface area contributed by atoms with Crippen LogP contribution in [0.3, 0.4) is 0 Å². The number of β-lactam (4-membered cyclic amide) rings is 1. The fourth-order valence-electron chi connectivity index (χ4n) is 2.41. The summed E-state index contributed by atoms with van der Waals surface area (Å²) in [5, 5.41) is 9.64. The molecular formula is C15H17ClN5NaO9S2. The van der Waals surface area contributed by atoms with Crippen LogP contribution < -0.4 is 40.2 Å². The molecule has 0 unspecified atom stereocenters. The van der Waals surface area contributed by atoms with Crippen LogP contribution in [0.5, 0.6) is 0 Å². The molecular weight excluding hydrogens is 517 g/mol. The molecule has 2 rings (SSSR count). The molecule has 0 aromatic carbocycles. The normalized spacial score (nSPS) is 18.0. The van der Waals surface area contributed by atoms with E-state index in [1.54, 1.807) is 6.92 Å².